The van der Waals surface area contributed by atoms with Gasteiger partial charge in [0.05, 0.1) is 0 Å². The van der Waals surface area contributed by atoms with Gasteiger partial charge in [0.1, 0.15) is 0 Å². The summed E-state index contributed by atoms with van der Waals surface area (Å²) < 4.78 is 0. The molecule has 1 aliphatic rings. The van der Waals surface area contributed by atoms with Gasteiger partial charge in [-0.3, -0.25) is 4.79 Å². The zero-order chi connectivity index (χ0) is 9.14. The predicted molar refractivity (Wildman–Crippen MR) is 50.9 cm³/mol. The largest absolute Gasteiger partial charge is 0.294 e. The average molecular weight is 164 g/mol. The van der Waals surface area contributed by atoms with Crippen LogP contribution in [0.1, 0.15) is 33.6 Å². The third kappa shape index (κ3) is 1.66. The molecule has 0 saturated carbocycles. The summed E-state index contributed by atoms with van der Waals surface area (Å²) in [6.45, 7) is 6.20. The molecule has 1 aliphatic carbocycles. The van der Waals surface area contributed by atoms with Crippen LogP contribution in [-0.4, -0.2) is 5.78 Å². The minimum absolute atomic E-state index is 0.309. The molecule has 1 rings (SSSR count). The van der Waals surface area contributed by atoms with Crippen LogP contribution in [0.2, 0.25) is 0 Å². The van der Waals surface area contributed by atoms with E-state index in [0.29, 0.717) is 18.1 Å². The molecule has 0 heterocycles. The first-order valence-electron chi connectivity index (χ1n) is 4.56. The molecule has 0 aromatic carbocycles. The highest BCUT2D eigenvalue weighted by molar-refractivity contribution is 6.00. The van der Waals surface area contributed by atoms with Gasteiger partial charge in [0.2, 0.25) is 0 Å². The maximum Gasteiger partial charge on any atom is 0.163 e. The number of hydrogen-bond acceptors (Lipinski definition) is 1. The second-order valence-corrected chi connectivity index (χ2v) is 3.48. The molecule has 0 aromatic rings. The van der Waals surface area contributed by atoms with Gasteiger partial charge in [-0.2, -0.15) is 0 Å². The monoisotopic (exact) mass is 164 g/mol. The minimum atomic E-state index is 0.309. The molecule has 0 bridgehead atoms. The fraction of sp³-hybridized carbons (Fsp3) is 0.545. The van der Waals surface area contributed by atoms with E-state index >= 15 is 0 Å². The third-order valence-electron chi connectivity index (χ3n) is 2.26. The summed E-state index contributed by atoms with van der Waals surface area (Å²) in [7, 11) is 0. The topological polar surface area (TPSA) is 17.1 Å². The van der Waals surface area contributed by atoms with Gasteiger partial charge in [-0.05, 0) is 24.8 Å². The number of rotatable bonds is 1. The van der Waals surface area contributed by atoms with Gasteiger partial charge in [0, 0.05) is 12.0 Å². The molecule has 0 radical (unpaired) electrons. The van der Waals surface area contributed by atoms with Crippen LogP contribution in [0.3, 0.4) is 0 Å². The van der Waals surface area contributed by atoms with Crippen LogP contribution < -0.4 is 0 Å². The lowest BCUT2D eigenvalue weighted by Crippen LogP contribution is -2.12. The molecule has 0 aliphatic heterocycles. The lowest BCUT2D eigenvalue weighted by molar-refractivity contribution is -0.115. The fourth-order valence-electron chi connectivity index (χ4n) is 1.64. The number of Topliss-reactive ketones (excluding diaryl/α,β-unsaturated/α-hetero) is 1. The molecule has 0 N–H and O–H groups in total. The van der Waals surface area contributed by atoms with Crippen molar-refractivity contribution in [2.75, 3.05) is 0 Å². The molecular weight excluding hydrogens is 148 g/mol. The summed E-state index contributed by atoms with van der Waals surface area (Å²) in [6, 6.07) is 0. The molecule has 12 heavy (non-hydrogen) atoms. The van der Waals surface area contributed by atoms with Crippen LogP contribution in [0.25, 0.3) is 0 Å². The van der Waals surface area contributed by atoms with Crippen molar-refractivity contribution in [1.29, 1.82) is 0 Å². The van der Waals surface area contributed by atoms with Gasteiger partial charge < -0.3 is 0 Å². The predicted octanol–water partition coefficient (Wildman–Crippen LogP) is 2.88. The van der Waals surface area contributed by atoms with Gasteiger partial charge in [-0.15, -0.1) is 0 Å². The van der Waals surface area contributed by atoms with Crippen molar-refractivity contribution in [3.8, 4) is 0 Å². The zero-order valence-electron chi connectivity index (χ0n) is 8.05. The van der Waals surface area contributed by atoms with Crippen molar-refractivity contribution < 1.29 is 4.79 Å². The first-order chi connectivity index (χ1) is 5.66. The summed E-state index contributed by atoms with van der Waals surface area (Å²) in [6.07, 6.45) is 5.74. The molecule has 0 atom stereocenters. The Morgan fingerprint density at radius 1 is 1.50 bits per heavy atom. The van der Waals surface area contributed by atoms with Gasteiger partial charge in [-0.1, -0.05) is 26.0 Å². The minimum Gasteiger partial charge on any atom is -0.294 e. The Balaban J connectivity index is 2.98. The van der Waals surface area contributed by atoms with E-state index in [4.69, 9.17) is 0 Å². The van der Waals surface area contributed by atoms with Gasteiger partial charge in [0.25, 0.3) is 0 Å². The number of allylic oxidation sites excluding steroid dienone is 4. The molecule has 0 unspecified atom stereocenters. The van der Waals surface area contributed by atoms with E-state index in [0.717, 1.165) is 12.0 Å². The molecule has 0 saturated heterocycles. The lowest BCUT2D eigenvalue weighted by atomic mass is 9.86. The van der Waals surface area contributed by atoms with Crippen LogP contribution in [0.15, 0.2) is 23.3 Å². The molecule has 0 aromatic heterocycles. The van der Waals surface area contributed by atoms with Crippen LogP contribution in [-0.2, 0) is 4.79 Å². The van der Waals surface area contributed by atoms with Crippen molar-refractivity contribution in [2.24, 2.45) is 5.92 Å². The standard InChI is InChI=1S/C11H16O/c1-4-9-10(8(2)3)6-5-7-11(9)12/h4,6,8H,5,7H2,1-3H3/b9-4-. The van der Waals surface area contributed by atoms with Crippen LogP contribution in [0.5, 0.6) is 0 Å². The number of ketones is 1. The summed E-state index contributed by atoms with van der Waals surface area (Å²) in [5, 5.41) is 0. The Morgan fingerprint density at radius 2 is 2.17 bits per heavy atom. The van der Waals surface area contributed by atoms with Crippen molar-refractivity contribution in [2.45, 2.75) is 33.6 Å². The van der Waals surface area contributed by atoms with Crippen molar-refractivity contribution >= 4 is 5.78 Å². The molecule has 66 valence electrons. The number of hydrogen-bond donors (Lipinski definition) is 0. The van der Waals surface area contributed by atoms with Crippen molar-refractivity contribution in [1.82, 2.24) is 0 Å². The smallest absolute Gasteiger partial charge is 0.163 e. The van der Waals surface area contributed by atoms with E-state index < -0.39 is 0 Å². The number of carbonyl (C=O) groups is 1. The maximum atomic E-state index is 11.4. The Kier molecular flexibility index (Phi) is 2.85. The summed E-state index contributed by atoms with van der Waals surface area (Å²) in [5.74, 6) is 0.782. The second kappa shape index (κ2) is 3.70. The van der Waals surface area contributed by atoms with E-state index in [1.807, 2.05) is 13.0 Å². The maximum absolute atomic E-state index is 11.4. The summed E-state index contributed by atoms with van der Waals surface area (Å²) in [4.78, 5) is 11.4. The van der Waals surface area contributed by atoms with E-state index in [1.165, 1.54) is 5.57 Å². The Hall–Kier alpha value is -0.850. The SMILES string of the molecule is C/C=C1\C(=O)CCC=C1C(C)C. The Bertz CT molecular complexity index is 244. The fourth-order valence-corrected chi connectivity index (χ4v) is 1.64. The highest BCUT2D eigenvalue weighted by Crippen LogP contribution is 2.26. The molecule has 1 heteroatoms. The average Bonchev–Trinajstić information content (AvgIpc) is 2.03. The first kappa shape index (κ1) is 9.24. The van der Waals surface area contributed by atoms with Gasteiger partial charge in [0.15, 0.2) is 5.78 Å². The van der Waals surface area contributed by atoms with Crippen LogP contribution >= 0.6 is 0 Å². The normalized spacial score (nSPS) is 21.8. The second-order valence-electron chi connectivity index (χ2n) is 3.48. The Morgan fingerprint density at radius 3 is 2.58 bits per heavy atom. The summed E-state index contributed by atoms with van der Waals surface area (Å²) in [5.41, 5.74) is 2.17. The summed E-state index contributed by atoms with van der Waals surface area (Å²) >= 11 is 0. The van der Waals surface area contributed by atoms with E-state index in [9.17, 15) is 4.79 Å². The van der Waals surface area contributed by atoms with Gasteiger partial charge >= 0.3 is 0 Å². The van der Waals surface area contributed by atoms with E-state index in [2.05, 4.69) is 19.9 Å². The highest BCUT2D eigenvalue weighted by atomic mass is 16.1. The van der Waals surface area contributed by atoms with Gasteiger partial charge in [-0.25, -0.2) is 0 Å². The van der Waals surface area contributed by atoms with Crippen molar-refractivity contribution in [3.05, 3.63) is 23.3 Å². The molecule has 1 nitrogen and oxygen atoms in total. The van der Waals surface area contributed by atoms with Crippen LogP contribution in [0.4, 0.5) is 0 Å². The van der Waals surface area contributed by atoms with Crippen LogP contribution in [0, 0.1) is 5.92 Å². The lowest BCUT2D eigenvalue weighted by Gasteiger charge is -2.18. The molecular formula is C11H16O. The molecule has 0 spiro atoms. The van der Waals surface area contributed by atoms with Crippen molar-refractivity contribution in [3.63, 3.8) is 0 Å². The zero-order valence-corrected chi connectivity index (χ0v) is 8.05. The molecule has 0 fully saturated rings. The molecule has 0 amide bonds. The van der Waals surface area contributed by atoms with E-state index in [1.54, 1.807) is 0 Å². The number of carbonyl (C=O) groups excluding carboxylic acids is 1. The third-order valence-corrected chi connectivity index (χ3v) is 2.26. The highest BCUT2D eigenvalue weighted by Gasteiger charge is 2.19. The van der Waals surface area contributed by atoms with E-state index in [-0.39, 0.29) is 0 Å². The first-order valence-corrected chi connectivity index (χ1v) is 4.56. The Labute approximate surface area is 74.2 Å². The quantitative estimate of drug-likeness (QED) is 0.545.